The predicted octanol–water partition coefficient (Wildman–Crippen LogP) is 4.33. The summed E-state index contributed by atoms with van der Waals surface area (Å²) < 4.78 is 12.7. The van der Waals surface area contributed by atoms with E-state index < -0.39 is 0 Å². The molecule has 0 amide bonds. The number of allylic oxidation sites excluding steroid dienone is 2. The van der Waals surface area contributed by atoms with E-state index in [1.165, 1.54) is 17.5 Å². The molecule has 1 aliphatic heterocycles. The van der Waals surface area contributed by atoms with Crippen LogP contribution in [0, 0.1) is 13.8 Å². The second-order valence-corrected chi connectivity index (χ2v) is 8.43. The molecule has 0 saturated heterocycles. The number of ether oxygens (including phenoxy) is 2. The number of carbonyl (C=O) groups excluding carboxylic acids is 1. The van der Waals surface area contributed by atoms with E-state index in [-0.39, 0.29) is 17.7 Å². The maximum atomic E-state index is 13.5. The Labute approximate surface area is 187 Å². The number of hydrogen-bond donors (Lipinski definition) is 1. The Kier molecular flexibility index (Phi) is 4.96. The third-order valence-corrected chi connectivity index (χ3v) is 6.59. The Morgan fingerprint density at radius 1 is 0.969 bits per heavy atom. The first-order valence-electron chi connectivity index (χ1n) is 10.7. The van der Waals surface area contributed by atoms with Crippen LogP contribution in [-0.4, -0.2) is 34.8 Å². The van der Waals surface area contributed by atoms with Crippen molar-refractivity contribution in [1.82, 2.24) is 14.8 Å². The lowest BCUT2D eigenvalue weighted by atomic mass is 9.77. The number of Topliss-reactive ketones (excluding diaryl/α,β-unsaturated/α-hetero) is 1. The highest BCUT2D eigenvalue weighted by molar-refractivity contribution is 6.00. The molecule has 2 heterocycles. The monoisotopic (exact) mass is 430 g/mol. The second kappa shape index (κ2) is 7.82. The first kappa shape index (κ1) is 20.3. The van der Waals surface area contributed by atoms with Crippen LogP contribution < -0.4 is 14.8 Å². The molecule has 164 valence electrons. The summed E-state index contributed by atoms with van der Waals surface area (Å²) in [6.45, 7) is 4.18. The predicted molar refractivity (Wildman–Crippen MR) is 121 cm³/mol. The van der Waals surface area contributed by atoms with E-state index in [2.05, 4.69) is 47.4 Å². The zero-order chi connectivity index (χ0) is 22.4. The lowest BCUT2D eigenvalue weighted by Gasteiger charge is -2.35. The van der Waals surface area contributed by atoms with Gasteiger partial charge in [-0.25, -0.2) is 4.68 Å². The second-order valence-electron chi connectivity index (χ2n) is 8.43. The number of ketones is 1. The lowest BCUT2D eigenvalue weighted by molar-refractivity contribution is -0.116. The molecule has 2 atom stereocenters. The number of hydrogen-bond acceptors (Lipinski definition) is 6. The van der Waals surface area contributed by atoms with Crippen LogP contribution in [0.1, 0.15) is 47.1 Å². The molecule has 32 heavy (non-hydrogen) atoms. The molecule has 1 aliphatic carbocycles. The number of nitrogens with one attached hydrogen (secondary N) is 1. The number of benzene rings is 2. The van der Waals surface area contributed by atoms with E-state index in [0.717, 1.165) is 22.4 Å². The summed E-state index contributed by atoms with van der Waals surface area (Å²) >= 11 is 0. The minimum absolute atomic E-state index is 0.0448. The van der Waals surface area contributed by atoms with Gasteiger partial charge in [0.2, 0.25) is 5.95 Å². The molecule has 0 saturated carbocycles. The van der Waals surface area contributed by atoms with Gasteiger partial charge in [0.1, 0.15) is 12.4 Å². The summed E-state index contributed by atoms with van der Waals surface area (Å²) in [5.74, 6) is 2.18. The Hall–Kier alpha value is -3.61. The van der Waals surface area contributed by atoms with Crippen molar-refractivity contribution in [3.05, 3.63) is 76.2 Å². The van der Waals surface area contributed by atoms with Gasteiger partial charge in [-0.1, -0.05) is 24.3 Å². The number of methoxy groups -OCH3 is 2. The van der Waals surface area contributed by atoms with Crippen molar-refractivity contribution in [3.63, 3.8) is 0 Å². The molecule has 0 unspecified atom stereocenters. The molecule has 0 fully saturated rings. The Morgan fingerprint density at radius 2 is 1.75 bits per heavy atom. The molecule has 2 aliphatic rings. The fourth-order valence-corrected chi connectivity index (χ4v) is 4.74. The molecule has 0 radical (unpaired) electrons. The van der Waals surface area contributed by atoms with Gasteiger partial charge in [-0.05, 0) is 60.6 Å². The average molecular weight is 431 g/mol. The number of anilines is 1. The van der Waals surface area contributed by atoms with E-state index in [1.807, 2.05) is 22.9 Å². The summed E-state index contributed by atoms with van der Waals surface area (Å²) in [5, 5.41) is 7.82. The van der Waals surface area contributed by atoms with E-state index in [4.69, 9.17) is 9.47 Å². The maximum absolute atomic E-state index is 13.5. The summed E-state index contributed by atoms with van der Waals surface area (Å²) in [4.78, 5) is 17.9. The lowest BCUT2D eigenvalue weighted by Crippen LogP contribution is -2.33. The number of aryl methyl sites for hydroxylation is 2. The number of rotatable bonds is 4. The standard InChI is InChI=1S/C25H26N4O3/c1-14-5-6-17(9-15(14)2)24-23-19(28-25-26-13-27-29(24)25)10-18(11-20(23)30)16-7-8-21(31-3)22(12-16)32-4/h5-9,12-13,18,24H,10-11H2,1-4H3,(H,26,27,28)/t18-,24-/m1/s1. The molecule has 3 aromatic rings. The van der Waals surface area contributed by atoms with Gasteiger partial charge in [-0.3, -0.25) is 4.79 Å². The minimum atomic E-state index is -0.276. The smallest absolute Gasteiger partial charge is 0.226 e. The molecular formula is C25H26N4O3. The van der Waals surface area contributed by atoms with Crippen LogP contribution in [0.15, 0.2) is 54.0 Å². The van der Waals surface area contributed by atoms with Gasteiger partial charge in [0.05, 0.1) is 14.2 Å². The third kappa shape index (κ3) is 3.25. The van der Waals surface area contributed by atoms with E-state index in [9.17, 15) is 4.79 Å². The number of aromatic nitrogens is 3. The highest BCUT2D eigenvalue weighted by Crippen LogP contribution is 2.45. The van der Waals surface area contributed by atoms with Crippen LogP contribution in [0.3, 0.4) is 0 Å². The van der Waals surface area contributed by atoms with Crippen LogP contribution in [0.4, 0.5) is 5.95 Å². The average Bonchev–Trinajstić information content (AvgIpc) is 3.27. The molecule has 7 heteroatoms. The zero-order valence-electron chi connectivity index (χ0n) is 18.7. The Balaban J connectivity index is 1.56. The van der Waals surface area contributed by atoms with Gasteiger partial charge in [-0.2, -0.15) is 10.1 Å². The number of carbonyl (C=O) groups is 1. The van der Waals surface area contributed by atoms with Gasteiger partial charge in [-0.15, -0.1) is 0 Å². The molecule has 0 bridgehead atoms. The van der Waals surface area contributed by atoms with Crippen LogP contribution in [0.2, 0.25) is 0 Å². The molecule has 7 nitrogen and oxygen atoms in total. The van der Waals surface area contributed by atoms with Crippen LogP contribution in [0.25, 0.3) is 0 Å². The Bertz CT molecular complexity index is 1240. The van der Waals surface area contributed by atoms with Crippen LogP contribution >= 0.6 is 0 Å². The van der Waals surface area contributed by atoms with Crippen molar-refractivity contribution in [1.29, 1.82) is 0 Å². The van der Waals surface area contributed by atoms with E-state index >= 15 is 0 Å². The Morgan fingerprint density at radius 3 is 2.50 bits per heavy atom. The first-order valence-corrected chi connectivity index (χ1v) is 10.7. The molecule has 0 spiro atoms. The van der Waals surface area contributed by atoms with E-state index in [1.54, 1.807) is 14.2 Å². The summed E-state index contributed by atoms with van der Waals surface area (Å²) in [7, 11) is 3.24. The SMILES string of the molecule is COc1ccc([C@H]2CC(=O)C3=C(C2)Nc2ncnn2[C@@H]3c2ccc(C)c(C)c2)cc1OC. The molecule has 1 N–H and O–H groups in total. The topological polar surface area (TPSA) is 78.3 Å². The van der Waals surface area contributed by atoms with Gasteiger partial charge in [0, 0.05) is 17.7 Å². The quantitative estimate of drug-likeness (QED) is 0.664. The minimum Gasteiger partial charge on any atom is -0.493 e. The number of fused-ring (bicyclic) bond motifs is 1. The van der Waals surface area contributed by atoms with E-state index in [0.29, 0.717) is 30.3 Å². The maximum Gasteiger partial charge on any atom is 0.226 e. The highest BCUT2D eigenvalue weighted by Gasteiger charge is 2.39. The van der Waals surface area contributed by atoms with Gasteiger partial charge >= 0.3 is 0 Å². The van der Waals surface area contributed by atoms with Crippen molar-refractivity contribution in [2.45, 2.75) is 38.6 Å². The van der Waals surface area contributed by atoms with Crippen LogP contribution in [0.5, 0.6) is 11.5 Å². The largest absolute Gasteiger partial charge is 0.493 e. The fraction of sp³-hybridized carbons (Fsp3) is 0.320. The number of nitrogens with zero attached hydrogens (tertiary/aromatic N) is 3. The molecule has 2 aromatic carbocycles. The first-order chi connectivity index (χ1) is 15.5. The zero-order valence-corrected chi connectivity index (χ0v) is 18.7. The van der Waals surface area contributed by atoms with Crippen molar-refractivity contribution in [2.24, 2.45) is 0 Å². The molecule has 5 rings (SSSR count). The molecule has 1 aromatic heterocycles. The van der Waals surface area contributed by atoms with Gasteiger partial charge in [0.15, 0.2) is 17.3 Å². The summed E-state index contributed by atoms with van der Waals surface area (Å²) in [6.07, 6.45) is 2.68. The summed E-state index contributed by atoms with van der Waals surface area (Å²) in [6, 6.07) is 11.9. The van der Waals surface area contributed by atoms with Crippen molar-refractivity contribution >= 4 is 11.7 Å². The van der Waals surface area contributed by atoms with Crippen molar-refractivity contribution in [2.75, 3.05) is 19.5 Å². The van der Waals surface area contributed by atoms with Gasteiger partial charge in [0.25, 0.3) is 0 Å². The van der Waals surface area contributed by atoms with Crippen molar-refractivity contribution < 1.29 is 14.3 Å². The fourth-order valence-electron chi connectivity index (χ4n) is 4.74. The highest BCUT2D eigenvalue weighted by atomic mass is 16.5. The normalized spacial score (nSPS) is 19.8. The van der Waals surface area contributed by atoms with Gasteiger partial charge < -0.3 is 14.8 Å². The molecular weight excluding hydrogens is 404 g/mol. The van der Waals surface area contributed by atoms with Crippen molar-refractivity contribution in [3.8, 4) is 11.5 Å². The third-order valence-electron chi connectivity index (χ3n) is 6.59. The summed E-state index contributed by atoms with van der Waals surface area (Å²) in [5.41, 5.74) is 6.22. The van der Waals surface area contributed by atoms with Crippen LogP contribution in [-0.2, 0) is 4.79 Å².